The molecule has 1 aliphatic carbocycles. The van der Waals surface area contributed by atoms with Gasteiger partial charge < -0.3 is 5.32 Å². The van der Waals surface area contributed by atoms with Crippen molar-refractivity contribution in [3.8, 4) is 0 Å². The van der Waals surface area contributed by atoms with E-state index in [0.717, 1.165) is 12.8 Å². The molecule has 1 N–H and O–H groups in total. The maximum atomic E-state index is 3.14. The van der Waals surface area contributed by atoms with Gasteiger partial charge in [0.2, 0.25) is 0 Å². The van der Waals surface area contributed by atoms with E-state index < -0.39 is 0 Å². The zero-order chi connectivity index (χ0) is 8.10. The van der Waals surface area contributed by atoms with Crippen LogP contribution in [-0.4, -0.2) is 7.05 Å². The third-order valence-electron chi connectivity index (χ3n) is 1.89. The smallest absolute Gasteiger partial charge is 0.0337 e. The van der Waals surface area contributed by atoms with E-state index in [0.29, 0.717) is 0 Å². The van der Waals surface area contributed by atoms with Crippen molar-refractivity contribution < 1.29 is 0 Å². The molecule has 0 aliphatic heterocycles. The van der Waals surface area contributed by atoms with Crippen LogP contribution in [0.5, 0.6) is 0 Å². The van der Waals surface area contributed by atoms with Crippen LogP contribution in [0.2, 0.25) is 0 Å². The van der Waals surface area contributed by atoms with Crippen molar-refractivity contribution in [2.24, 2.45) is 0 Å². The summed E-state index contributed by atoms with van der Waals surface area (Å²) in [6.45, 7) is 2.19. The first-order chi connectivity index (χ1) is 5.36. The van der Waals surface area contributed by atoms with Crippen LogP contribution in [0.15, 0.2) is 35.6 Å². The summed E-state index contributed by atoms with van der Waals surface area (Å²) in [6.07, 6.45) is 10.9. The van der Waals surface area contributed by atoms with E-state index in [4.69, 9.17) is 0 Å². The molecule has 1 nitrogen and oxygen atoms in total. The van der Waals surface area contributed by atoms with Crippen LogP contribution >= 0.6 is 0 Å². The largest absolute Gasteiger partial charge is 0.388 e. The molecule has 0 heterocycles. The molecule has 0 spiro atoms. The number of nitrogens with one attached hydrogen (secondary N) is 1. The lowest BCUT2D eigenvalue weighted by atomic mass is 10.1. The SMILES string of the molecule is CCC1=CC(NC)=CC=CC1. The zero-order valence-corrected chi connectivity index (χ0v) is 7.22. The average Bonchev–Trinajstić information content (AvgIpc) is 2.28. The van der Waals surface area contributed by atoms with Crippen LogP contribution in [0.3, 0.4) is 0 Å². The molecule has 0 unspecified atom stereocenters. The molecule has 0 aromatic carbocycles. The standard InChI is InChI=1S/C10H15N/c1-3-9-6-4-5-7-10(8-9)11-2/h4-5,7-8,11H,3,6H2,1-2H3. The van der Waals surface area contributed by atoms with Crippen LogP contribution in [0.25, 0.3) is 0 Å². The highest BCUT2D eigenvalue weighted by atomic mass is 14.8. The predicted octanol–water partition coefficient (Wildman–Crippen LogP) is 2.39. The lowest BCUT2D eigenvalue weighted by Gasteiger charge is -2.01. The summed E-state index contributed by atoms with van der Waals surface area (Å²) in [5, 5.41) is 3.14. The van der Waals surface area contributed by atoms with Crippen LogP contribution < -0.4 is 5.32 Å². The van der Waals surface area contributed by atoms with E-state index in [1.54, 1.807) is 0 Å². The van der Waals surface area contributed by atoms with Gasteiger partial charge in [-0.1, -0.05) is 24.6 Å². The number of likely N-dealkylation sites (N-methyl/N-ethyl adjacent to an activating group) is 1. The van der Waals surface area contributed by atoms with Crippen molar-refractivity contribution >= 4 is 0 Å². The molecule has 0 amide bonds. The van der Waals surface area contributed by atoms with Gasteiger partial charge in [0.15, 0.2) is 0 Å². The molecule has 0 aromatic heterocycles. The van der Waals surface area contributed by atoms with Gasteiger partial charge in [-0.3, -0.25) is 0 Å². The van der Waals surface area contributed by atoms with Crippen molar-refractivity contribution in [2.75, 3.05) is 7.05 Å². The van der Waals surface area contributed by atoms with Gasteiger partial charge in [0.25, 0.3) is 0 Å². The van der Waals surface area contributed by atoms with Gasteiger partial charge in [0.1, 0.15) is 0 Å². The molecule has 0 saturated carbocycles. The maximum Gasteiger partial charge on any atom is 0.0337 e. The Morgan fingerprint density at radius 1 is 1.55 bits per heavy atom. The highest BCUT2D eigenvalue weighted by Gasteiger charge is 1.96. The summed E-state index contributed by atoms with van der Waals surface area (Å²) in [5.74, 6) is 0. The summed E-state index contributed by atoms with van der Waals surface area (Å²) < 4.78 is 0. The van der Waals surface area contributed by atoms with E-state index in [2.05, 4.69) is 36.5 Å². The number of rotatable bonds is 2. The van der Waals surface area contributed by atoms with Crippen LogP contribution in [-0.2, 0) is 0 Å². The minimum atomic E-state index is 1.10. The third-order valence-corrected chi connectivity index (χ3v) is 1.89. The molecule has 0 atom stereocenters. The quantitative estimate of drug-likeness (QED) is 0.635. The molecule has 11 heavy (non-hydrogen) atoms. The van der Waals surface area contributed by atoms with Crippen molar-refractivity contribution in [3.05, 3.63) is 35.6 Å². The van der Waals surface area contributed by atoms with Crippen LogP contribution in [0.4, 0.5) is 0 Å². The molecule has 1 rings (SSSR count). The minimum Gasteiger partial charge on any atom is -0.388 e. The van der Waals surface area contributed by atoms with Crippen LogP contribution in [0.1, 0.15) is 19.8 Å². The highest BCUT2D eigenvalue weighted by Crippen LogP contribution is 2.12. The molecular formula is C10H15N. The topological polar surface area (TPSA) is 12.0 Å². The Morgan fingerprint density at radius 3 is 3.00 bits per heavy atom. The maximum absolute atomic E-state index is 3.14. The van der Waals surface area contributed by atoms with Gasteiger partial charge in [-0.15, -0.1) is 0 Å². The summed E-state index contributed by atoms with van der Waals surface area (Å²) >= 11 is 0. The Kier molecular flexibility index (Phi) is 2.96. The summed E-state index contributed by atoms with van der Waals surface area (Å²) in [7, 11) is 1.95. The minimum absolute atomic E-state index is 1.10. The van der Waals surface area contributed by atoms with Gasteiger partial charge in [0.05, 0.1) is 0 Å². The Morgan fingerprint density at radius 2 is 2.36 bits per heavy atom. The van der Waals surface area contributed by atoms with Crippen molar-refractivity contribution in [1.29, 1.82) is 0 Å². The van der Waals surface area contributed by atoms with E-state index in [1.807, 2.05) is 7.05 Å². The molecule has 0 saturated heterocycles. The van der Waals surface area contributed by atoms with Crippen molar-refractivity contribution in [1.82, 2.24) is 5.32 Å². The lowest BCUT2D eigenvalue weighted by molar-refractivity contribution is 0.991. The van der Waals surface area contributed by atoms with Crippen molar-refractivity contribution in [3.63, 3.8) is 0 Å². The fraction of sp³-hybridized carbons (Fsp3) is 0.400. The Labute approximate surface area is 68.5 Å². The molecule has 0 aromatic rings. The van der Waals surface area contributed by atoms with Gasteiger partial charge in [-0.05, 0) is 25.0 Å². The van der Waals surface area contributed by atoms with E-state index >= 15 is 0 Å². The number of hydrogen-bond acceptors (Lipinski definition) is 1. The number of allylic oxidation sites excluding steroid dienone is 5. The molecule has 60 valence electrons. The molecular weight excluding hydrogens is 134 g/mol. The molecule has 0 radical (unpaired) electrons. The Hall–Kier alpha value is -0.980. The molecule has 0 fully saturated rings. The van der Waals surface area contributed by atoms with E-state index in [9.17, 15) is 0 Å². The summed E-state index contributed by atoms with van der Waals surface area (Å²) in [6, 6.07) is 0. The van der Waals surface area contributed by atoms with E-state index in [-0.39, 0.29) is 0 Å². The first-order valence-electron chi connectivity index (χ1n) is 4.11. The number of hydrogen-bond donors (Lipinski definition) is 1. The predicted molar refractivity (Wildman–Crippen MR) is 49.3 cm³/mol. The first kappa shape index (κ1) is 8.12. The second-order valence-electron chi connectivity index (χ2n) is 2.66. The van der Waals surface area contributed by atoms with Gasteiger partial charge in [0, 0.05) is 12.7 Å². The molecule has 1 aliphatic rings. The van der Waals surface area contributed by atoms with Gasteiger partial charge in [-0.25, -0.2) is 0 Å². The zero-order valence-electron chi connectivity index (χ0n) is 7.22. The fourth-order valence-corrected chi connectivity index (χ4v) is 1.12. The van der Waals surface area contributed by atoms with Crippen LogP contribution in [0, 0.1) is 0 Å². The van der Waals surface area contributed by atoms with E-state index in [1.165, 1.54) is 11.3 Å². The first-order valence-corrected chi connectivity index (χ1v) is 4.11. The average molecular weight is 149 g/mol. The fourth-order valence-electron chi connectivity index (χ4n) is 1.12. The Balaban J connectivity index is 2.77. The van der Waals surface area contributed by atoms with Gasteiger partial charge >= 0.3 is 0 Å². The normalized spacial score (nSPS) is 16.9. The van der Waals surface area contributed by atoms with Gasteiger partial charge in [-0.2, -0.15) is 0 Å². The molecule has 0 bridgehead atoms. The summed E-state index contributed by atoms with van der Waals surface area (Å²) in [4.78, 5) is 0. The lowest BCUT2D eigenvalue weighted by Crippen LogP contribution is -2.02. The Bertz CT molecular complexity index is 209. The van der Waals surface area contributed by atoms with Crippen molar-refractivity contribution in [2.45, 2.75) is 19.8 Å². The second kappa shape index (κ2) is 4.02. The molecule has 1 heteroatoms. The summed E-state index contributed by atoms with van der Waals surface area (Å²) in [5.41, 5.74) is 2.69. The highest BCUT2D eigenvalue weighted by molar-refractivity contribution is 5.30. The third kappa shape index (κ3) is 2.26. The second-order valence-corrected chi connectivity index (χ2v) is 2.66. The monoisotopic (exact) mass is 149 g/mol.